The summed E-state index contributed by atoms with van der Waals surface area (Å²) in [5, 5.41) is 0. The molecular weight excluding hydrogens is 320 g/mol. The number of nitrogens with one attached hydrogen (secondary N) is 1. The van der Waals surface area contributed by atoms with Crippen molar-refractivity contribution in [3.63, 3.8) is 0 Å². The number of fused-ring (bicyclic) bond motifs is 2. The summed E-state index contributed by atoms with van der Waals surface area (Å²) in [6.07, 6.45) is 2.81. The Hall–Kier alpha value is -3.27. The van der Waals surface area contributed by atoms with E-state index < -0.39 is 0 Å². The van der Waals surface area contributed by atoms with E-state index in [0.717, 1.165) is 40.2 Å². The summed E-state index contributed by atoms with van der Waals surface area (Å²) in [5.41, 5.74) is 9.94. The van der Waals surface area contributed by atoms with Gasteiger partial charge >= 0.3 is 0 Å². The number of aromatic nitrogens is 3. The third-order valence-corrected chi connectivity index (χ3v) is 4.81. The van der Waals surface area contributed by atoms with E-state index in [-0.39, 0.29) is 0 Å². The van der Waals surface area contributed by atoms with Crippen molar-refractivity contribution < 1.29 is 0 Å². The molecule has 1 N–H and O–H groups in total. The van der Waals surface area contributed by atoms with E-state index in [9.17, 15) is 0 Å². The van der Waals surface area contributed by atoms with Crippen molar-refractivity contribution in [3.05, 3.63) is 65.9 Å². The van der Waals surface area contributed by atoms with Gasteiger partial charge in [0.05, 0.1) is 16.7 Å². The quantitative estimate of drug-likeness (QED) is 0.543. The zero-order valence-electron chi connectivity index (χ0n) is 14.7. The monoisotopic (exact) mass is 338 g/mol. The maximum absolute atomic E-state index is 4.68. The van der Waals surface area contributed by atoms with Crippen LogP contribution in [0.2, 0.25) is 0 Å². The van der Waals surface area contributed by atoms with Gasteiger partial charge in [-0.2, -0.15) is 0 Å². The Balaban J connectivity index is 1.54. The summed E-state index contributed by atoms with van der Waals surface area (Å²) < 4.78 is 0. The van der Waals surface area contributed by atoms with E-state index in [1.54, 1.807) is 0 Å². The van der Waals surface area contributed by atoms with Gasteiger partial charge in [-0.05, 0) is 66.4 Å². The number of H-pyrrole nitrogens is 1. The van der Waals surface area contributed by atoms with Gasteiger partial charge < -0.3 is 4.98 Å². The van der Waals surface area contributed by atoms with Gasteiger partial charge in [0.1, 0.15) is 5.69 Å². The Morgan fingerprint density at radius 3 is 2.62 bits per heavy atom. The van der Waals surface area contributed by atoms with Gasteiger partial charge in [-0.15, -0.1) is 0 Å². The lowest BCUT2D eigenvalue weighted by atomic mass is 10.0. The molecule has 0 atom stereocenters. The fourth-order valence-electron chi connectivity index (χ4n) is 3.45. The first kappa shape index (κ1) is 15.0. The summed E-state index contributed by atoms with van der Waals surface area (Å²) in [4.78, 5) is 17.1. The zero-order valence-corrected chi connectivity index (χ0v) is 14.7. The fourth-order valence-corrected chi connectivity index (χ4v) is 3.45. The Bertz CT molecular complexity index is 1170. The lowest BCUT2D eigenvalue weighted by Crippen LogP contribution is -1.89. The van der Waals surface area contributed by atoms with Crippen molar-refractivity contribution in [1.82, 2.24) is 15.0 Å². The molecule has 1 aliphatic heterocycles. The molecule has 0 radical (unpaired) electrons. The normalized spacial score (nSPS) is 13.1. The molecule has 0 amide bonds. The Morgan fingerprint density at radius 1 is 0.923 bits per heavy atom. The van der Waals surface area contributed by atoms with Crippen LogP contribution in [-0.2, 0) is 6.42 Å². The summed E-state index contributed by atoms with van der Waals surface area (Å²) in [7, 11) is 0. The average molecular weight is 338 g/mol. The van der Waals surface area contributed by atoms with Crippen molar-refractivity contribution in [2.24, 2.45) is 4.99 Å². The maximum atomic E-state index is 4.68. The Morgan fingerprint density at radius 2 is 1.77 bits per heavy atom. The van der Waals surface area contributed by atoms with Crippen LogP contribution in [-0.4, -0.2) is 20.7 Å². The highest BCUT2D eigenvalue weighted by Crippen LogP contribution is 2.32. The van der Waals surface area contributed by atoms with E-state index >= 15 is 0 Å². The smallest absolute Gasteiger partial charge is 0.157 e. The molecule has 1 aliphatic rings. The van der Waals surface area contributed by atoms with E-state index in [1.165, 1.54) is 22.4 Å². The molecule has 0 spiro atoms. The SMILES string of the molecule is CC1=Nc2ccc(-c3ccc4nc(-c5ccc(C)cn5)[nH]c4c3)cc2C1. The van der Waals surface area contributed by atoms with Crippen molar-refractivity contribution in [2.45, 2.75) is 20.3 Å². The molecule has 0 aliphatic carbocycles. The van der Waals surface area contributed by atoms with Crippen molar-refractivity contribution in [1.29, 1.82) is 0 Å². The molecule has 4 aromatic rings. The predicted octanol–water partition coefficient (Wildman–Crippen LogP) is 5.25. The number of nitrogens with zero attached hydrogens (tertiary/aromatic N) is 3. The molecule has 0 fully saturated rings. The largest absolute Gasteiger partial charge is 0.337 e. The van der Waals surface area contributed by atoms with Gasteiger partial charge in [-0.1, -0.05) is 18.2 Å². The topological polar surface area (TPSA) is 53.9 Å². The fraction of sp³-hybridized carbons (Fsp3) is 0.136. The molecule has 4 nitrogen and oxygen atoms in total. The Labute approximate surface area is 151 Å². The number of rotatable bonds is 2. The summed E-state index contributed by atoms with van der Waals surface area (Å²) in [6, 6.07) is 16.9. The first-order valence-electron chi connectivity index (χ1n) is 8.76. The minimum atomic E-state index is 0.801. The summed E-state index contributed by atoms with van der Waals surface area (Å²) in [5.74, 6) is 0.801. The molecule has 126 valence electrons. The first-order chi connectivity index (χ1) is 12.7. The average Bonchev–Trinajstić information content (AvgIpc) is 3.23. The lowest BCUT2D eigenvalue weighted by Gasteiger charge is -2.04. The number of benzene rings is 2. The van der Waals surface area contributed by atoms with Crippen LogP contribution in [0.1, 0.15) is 18.1 Å². The van der Waals surface area contributed by atoms with E-state index in [2.05, 4.69) is 69.3 Å². The first-order valence-corrected chi connectivity index (χ1v) is 8.76. The lowest BCUT2D eigenvalue weighted by molar-refractivity contribution is 1.21. The van der Waals surface area contributed by atoms with Gasteiger partial charge in [0.15, 0.2) is 5.82 Å². The molecule has 2 aromatic heterocycles. The highest BCUT2D eigenvalue weighted by atomic mass is 14.9. The predicted molar refractivity (Wildman–Crippen MR) is 106 cm³/mol. The highest BCUT2D eigenvalue weighted by Gasteiger charge is 2.13. The number of hydrogen-bond donors (Lipinski definition) is 1. The molecule has 5 rings (SSSR count). The number of hydrogen-bond acceptors (Lipinski definition) is 3. The third kappa shape index (κ3) is 2.51. The molecule has 0 bridgehead atoms. The van der Waals surface area contributed by atoms with Crippen LogP contribution in [0.4, 0.5) is 5.69 Å². The molecule has 26 heavy (non-hydrogen) atoms. The minimum absolute atomic E-state index is 0.801. The van der Waals surface area contributed by atoms with Crippen LogP contribution in [0.25, 0.3) is 33.7 Å². The van der Waals surface area contributed by atoms with Gasteiger partial charge in [-0.25, -0.2) is 4.98 Å². The van der Waals surface area contributed by atoms with Gasteiger partial charge in [0.2, 0.25) is 0 Å². The molecule has 0 unspecified atom stereocenters. The van der Waals surface area contributed by atoms with Gasteiger partial charge in [-0.3, -0.25) is 9.98 Å². The summed E-state index contributed by atoms with van der Waals surface area (Å²) >= 11 is 0. The second kappa shape index (κ2) is 5.63. The van der Waals surface area contributed by atoms with Crippen LogP contribution >= 0.6 is 0 Å². The maximum Gasteiger partial charge on any atom is 0.157 e. The molecule has 4 heteroatoms. The van der Waals surface area contributed by atoms with Crippen LogP contribution in [0, 0.1) is 6.92 Å². The number of aryl methyl sites for hydroxylation is 1. The molecular formula is C22H18N4. The number of imidazole rings is 1. The molecule has 0 saturated carbocycles. The number of aromatic amines is 1. The van der Waals surface area contributed by atoms with Crippen molar-refractivity contribution in [2.75, 3.05) is 0 Å². The van der Waals surface area contributed by atoms with Gasteiger partial charge in [0, 0.05) is 18.3 Å². The number of aliphatic imine (C=N–C) groups is 1. The standard InChI is InChI=1S/C22H18N4/c1-13-3-6-20(23-12-13)22-25-19-8-5-16(11-21(19)26-22)15-4-7-18-17(10-15)9-14(2)24-18/h3-8,10-12H,9H2,1-2H3,(H,25,26). The van der Waals surface area contributed by atoms with Crippen LogP contribution in [0.15, 0.2) is 59.7 Å². The number of pyridine rings is 1. The van der Waals surface area contributed by atoms with E-state index in [0.29, 0.717) is 0 Å². The molecule has 0 saturated heterocycles. The second-order valence-corrected chi connectivity index (χ2v) is 6.91. The molecule has 2 aromatic carbocycles. The van der Waals surface area contributed by atoms with E-state index in [4.69, 9.17) is 0 Å². The molecule has 3 heterocycles. The second-order valence-electron chi connectivity index (χ2n) is 6.91. The van der Waals surface area contributed by atoms with Crippen LogP contribution < -0.4 is 0 Å². The zero-order chi connectivity index (χ0) is 17.7. The van der Waals surface area contributed by atoms with Crippen molar-refractivity contribution in [3.8, 4) is 22.6 Å². The van der Waals surface area contributed by atoms with Crippen LogP contribution in [0.3, 0.4) is 0 Å². The summed E-state index contributed by atoms with van der Waals surface area (Å²) in [6.45, 7) is 4.11. The Kier molecular flexibility index (Phi) is 3.25. The van der Waals surface area contributed by atoms with Gasteiger partial charge in [0.25, 0.3) is 0 Å². The minimum Gasteiger partial charge on any atom is -0.337 e. The highest BCUT2D eigenvalue weighted by molar-refractivity contribution is 5.93. The third-order valence-electron chi connectivity index (χ3n) is 4.81. The van der Waals surface area contributed by atoms with Crippen LogP contribution in [0.5, 0.6) is 0 Å². The van der Waals surface area contributed by atoms with Crippen molar-refractivity contribution >= 4 is 22.4 Å². The van der Waals surface area contributed by atoms with E-state index in [1.807, 2.05) is 19.2 Å².